The predicted molar refractivity (Wildman–Crippen MR) is 59.7 cm³/mol. The Bertz CT molecular complexity index is 374. The topological polar surface area (TPSA) is 44.5 Å². The van der Waals surface area contributed by atoms with Crippen molar-refractivity contribution in [3.05, 3.63) is 22.8 Å². The molecule has 0 aliphatic carbocycles. The normalized spacial score (nSPS) is 14.1. The molecule has 2 rings (SSSR count). The molecule has 0 saturated heterocycles. The molecule has 0 saturated carbocycles. The van der Waals surface area contributed by atoms with E-state index in [9.17, 15) is 0 Å². The van der Waals surface area contributed by atoms with Crippen molar-refractivity contribution < 1.29 is 9.47 Å². The lowest BCUT2D eigenvalue weighted by atomic mass is 9.98. The van der Waals surface area contributed by atoms with Crippen LogP contribution in [0, 0.1) is 13.8 Å². The fourth-order valence-corrected chi connectivity index (χ4v) is 1.93. The summed E-state index contributed by atoms with van der Waals surface area (Å²) >= 11 is 0. The van der Waals surface area contributed by atoms with E-state index in [1.165, 1.54) is 16.7 Å². The lowest BCUT2D eigenvalue weighted by Gasteiger charge is -2.23. The van der Waals surface area contributed by atoms with Crippen molar-refractivity contribution in [3.8, 4) is 11.5 Å². The molecular formula is C12H17NO2. The van der Waals surface area contributed by atoms with Crippen LogP contribution in [0.15, 0.2) is 6.07 Å². The fraction of sp³-hybridized carbons (Fsp3) is 0.500. The van der Waals surface area contributed by atoms with Gasteiger partial charge in [-0.05, 0) is 44.0 Å². The molecule has 1 aliphatic heterocycles. The van der Waals surface area contributed by atoms with Crippen LogP contribution < -0.4 is 15.2 Å². The van der Waals surface area contributed by atoms with E-state index in [4.69, 9.17) is 15.2 Å². The quantitative estimate of drug-likeness (QED) is 0.800. The highest BCUT2D eigenvalue weighted by atomic mass is 16.6. The number of ether oxygens (including phenoxy) is 2. The number of hydrogen-bond donors (Lipinski definition) is 1. The number of fused-ring (bicyclic) bond motifs is 1. The van der Waals surface area contributed by atoms with Crippen LogP contribution in [0.3, 0.4) is 0 Å². The predicted octanol–water partition coefficient (Wildman–Crippen LogP) is 1.58. The minimum atomic E-state index is 0.632. The first-order valence-electron chi connectivity index (χ1n) is 5.32. The second-order valence-corrected chi connectivity index (χ2v) is 3.86. The Morgan fingerprint density at radius 2 is 2.00 bits per heavy atom. The Morgan fingerprint density at radius 3 is 2.73 bits per heavy atom. The lowest BCUT2D eigenvalue weighted by molar-refractivity contribution is 0.169. The van der Waals surface area contributed by atoms with Crippen molar-refractivity contribution in [2.24, 2.45) is 5.73 Å². The van der Waals surface area contributed by atoms with E-state index in [0.29, 0.717) is 19.8 Å². The standard InChI is InChI=1S/C12H17NO2/c1-8-7-11-12(15-6-5-14-11)10(3-4-13)9(8)2/h7H,3-6,13H2,1-2H3. The van der Waals surface area contributed by atoms with Gasteiger partial charge in [0.25, 0.3) is 0 Å². The van der Waals surface area contributed by atoms with Gasteiger partial charge in [-0.15, -0.1) is 0 Å². The van der Waals surface area contributed by atoms with E-state index >= 15 is 0 Å². The number of aryl methyl sites for hydroxylation is 1. The van der Waals surface area contributed by atoms with Gasteiger partial charge in [0.05, 0.1) is 0 Å². The minimum absolute atomic E-state index is 0.632. The van der Waals surface area contributed by atoms with Gasteiger partial charge in [-0.3, -0.25) is 0 Å². The molecule has 1 aliphatic rings. The molecule has 0 spiro atoms. The van der Waals surface area contributed by atoms with Crippen molar-refractivity contribution in [1.29, 1.82) is 0 Å². The molecule has 2 N–H and O–H groups in total. The number of hydrogen-bond acceptors (Lipinski definition) is 3. The second kappa shape index (κ2) is 4.11. The van der Waals surface area contributed by atoms with Crippen LogP contribution in [0.2, 0.25) is 0 Å². The van der Waals surface area contributed by atoms with Crippen LogP contribution in [0.4, 0.5) is 0 Å². The Hall–Kier alpha value is -1.22. The Morgan fingerprint density at radius 1 is 1.27 bits per heavy atom. The first kappa shape index (κ1) is 10.3. The van der Waals surface area contributed by atoms with Crippen LogP contribution in [-0.4, -0.2) is 19.8 Å². The van der Waals surface area contributed by atoms with Gasteiger partial charge in [0.1, 0.15) is 13.2 Å². The number of nitrogens with two attached hydrogens (primary N) is 1. The molecule has 0 atom stereocenters. The fourth-order valence-electron chi connectivity index (χ4n) is 1.93. The van der Waals surface area contributed by atoms with Crippen LogP contribution in [0.1, 0.15) is 16.7 Å². The summed E-state index contributed by atoms with van der Waals surface area (Å²) in [5.74, 6) is 1.77. The molecule has 3 heteroatoms. The molecule has 0 amide bonds. The monoisotopic (exact) mass is 207 g/mol. The SMILES string of the molecule is Cc1cc2c(c(CCN)c1C)OCCO2. The van der Waals surface area contributed by atoms with Crippen LogP contribution in [-0.2, 0) is 6.42 Å². The summed E-state index contributed by atoms with van der Waals surface area (Å²) in [6.45, 7) is 6.11. The number of rotatable bonds is 2. The molecule has 0 aromatic heterocycles. The molecule has 1 aromatic rings. The second-order valence-electron chi connectivity index (χ2n) is 3.86. The van der Waals surface area contributed by atoms with E-state index in [0.717, 1.165) is 17.9 Å². The van der Waals surface area contributed by atoms with Crippen molar-refractivity contribution in [1.82, 2.24) is 0 Å². The van der Waals surface area contributed by atoms with E-state index in [2.05, 4.69) is 13.8 Å². The smallest absolute Gasteiger partial charge is 0.164 e. The summed E-state index contributed by atoms with van der Waals surface area (Å²) in [7, 11) is 0. The largest absolute Gasteiger partial charge is 0.486 e. The summed E-state index contributed by atoms with van der Waals surface area (Å²) < 4.78 is 11.2. The zero-order chi connectivity index (χ0) is 10.8. The van der Waals surface area contributed by atoms with Gasteiger partial charge >= 0.3 is 0 Å². The number of benzene rings is 1. The summed E-state index contributed by atoms with van der Waals surface area (Å²) in [6.07, 6.45) is 0.846. The van der Waals surface area contributed by atoms with Crippen LogP contribution >= 0.6 is 0 Å². The van der Waals surface area contributed by atoms with E-state index in [1.807, 2.05) is 6.07 Å². The van der Waals surface area contributed by atoms with Gasteiger partial charge in [0, 0.05) is 5.56 Å². The maximum atomic E-state index is 5.66. The first-order chi connectivity index (χ1) is 7.24. The van der Waals surface area contributed by atoms with E-state index in [1.54, 1.807) is 0 Å². The minimum Gasteiger partial charge on any atom is -0.486 e. The van der Waals surface area contributed by atoms with Gasteiger partial charge in [0.15, 0.2) is 11.5 Å². The maximum absolute atomic E-state index is 5.66. The molecule has 3 nitrogen and oxygen atoms in total. The first-order valence-corrected chi connectivity index (χ1v) is 5.32. The van der Waals surface area contributed by atoms with Gasteiger partial charge in [-0.1, -0.05) is 0 Å². The highest BCUT2D eigenvalue weighted by Crippen LogP contribution is 2.37. The van der Waals surface area contributed by atoms with E-state index < -0.39 is 0 Å². The third kappa shape index (κ3) is 1.79. The van der Waals surface area contributed by atoms with Gasteiger partial charge in [0.2, 0.25) is 0 Å². The summed E-state index contributed by atoms with van der Waals surface area (Å²) in [6, 6.07) is 2.05. The third-order valence-electron chi connectivity index (χ3n) is 2.87. The Kier molecular flexibility index (Phi) is 2.82. The molecular weight excluding hydrogens is 190 g/mol. The summed E-state index contributed by atoms with van der Waals surface area (Å²) in [5.41, 5.74) is 9.32. The molecule has 0 radical (unpaired) electrons. The van der Waals surface area contributed by atoms with Gasteiger partial charge in [-0.25, -0.2) is 0 Å². The zero-order valence-electron chi connectivity index (χ0n) is 9.30. The highest BCUT2D eigenvalue weighted by Gasteiger charge is 2.18. The molecule has 0 fully saturated rings. The molecule has 0 bridgehead atoms. The summed E-state index contributed by atoms with van der Waals surface area (Å²) in [4.78, 5) is 0. The van der Waals surface area contributed by atoms with Crippen molar-refractivity contribution in [3.63, 3.8) is 0 Å². The Balaban J connectivity index is 2.52. The van der Waals surface area contributed by atoms with Crippen LogP contribution in [0.5, 0.6) is 11.5 Å². The van der Waals surface area contributed by atoms with Crippen LogP contribution in [0.25, 0.3) is 0 Å². The molecule has 0 unspecified atom stereocenters. The van der Waals surface area contributed by atoms with E-state index in [-0.39, 0.29) is 0 Å². The average molecular weight is 207 g/mol. The molecule has 15 heavy (non-hydrogen) atoms. The average Bonchev–Trinajstić information content (AvgIpc) is 2.25. The molecule has 1 aromatic carbocycles. The maximum Gasteiger partial charge on any atom is 0.164 e. The zero-order valence-corrected chi connectivity index (χ0v) is 9.30. The lowest BCUT2D eigenvalue weighted by Crippen LogP contribution is -2.18. The van der Waals surface area contributed by atoms with Gasteiger partial charge < -0.3 is 15.2 Å². The van der Waals surface area contributed by atoms with Gasteiger partial charge in [-0.2, -0.15) is 0 Å². The van der Waals surface area contributed by atoms with Crippen molar-refractivity contribution in [2.45, 2.75) is 20.3 Å². The van der Waals surface area contributed by atoms with Crippen molar-refractivity contribution in [2.75, 3.05) is 19.8 Å². The third-order valence-corrected chi connectivity index (χ3v) is 2.87. The molecule has 1 heterocycles. The molecule has 82 valence electrons. The summed E-state index contributed by atoms with van der Waals surface area (Å²) in [5, 5.41) is 0. The highest BCUT2D eigenvalue weighted by molar-refractivity contribution is 5.54. The Labute approximate surface area is 90.2 Å². The van der Waals surface area contributed by atoms with Crippen molar-refractivity contribution >= 4 is 0 Å².